The molecule has 3 nitrogen and oxygen atoms in total. The highest BCUT2D eigenvalue weighted by molar-refractivity contribution is 5.43. The molecule has 2 N–H and O–H groups in total. The van der Waals surface area contributed by atoms with Gasteiger partial charge in [-0.15, -0.1) is 0 Å². The maximum atomic E-state index is 13.0. The van der Waals surface area contributed by atoms with Crippen molar-refractivity contribution in [1.29, 1.82) is 0 Å². The molecular formula is C9H12F2N2O. The van der Waals surface area contributed by atoms with Crippen LogP contribution in [0.3, 0.4) is 0 Å². The fourth-order valence-electron chi connectivity index (χ4n) is 1.06. The summed E-state index contributed by atoms with van der Waals surface area (Å²) in [6, 6.07) is 1.24. The Morgan fingerprint density at radius 1 is 1.57 bits per heavy atom. The number of halogens is 2. The van der Waals surface area contributed by atoms with E-state index in [9.17, 15) is 8.78 Å². The molecule has 1 aromatic heterocycles. The minimum Gasteiger partial charge on any atom is -0.396 e. The van der Waals surface area contributed by atoms with Crippen LogP contribution in [0, 0.1) is 11.8 Å². The van der Waals surface area contributed by atoms with Crippen molar-refractivity contribution in [2.24, 2.45) is 0 Å². The Morgan fingerprint density at radius 2 is 2.29 bits per heavy atom. The van der Waals surface area contributed by atoms with Crippen LogP contribution in [0.25, 0.3) is 0 Å². The third-order valence-corrected chi connectivity index (χ3v) is 1.81. The van der Waals surface area contributed by atoms with Crippen LogP contribution in [-0.2, 0) is 0 Å². The van der Waals surface area contributed by atoms with E-state index in [1.807, 2.05) is 0 Å². The van der Waals surface area contributed by atoms with Crippen molar-refractivity contribution in [2.45, 2.75) is 19.4 Å². The molecule has 0 spiro atoms. The van der Waals surface area contributed by atoms with Crippen LogP contribution in [-0.4, -0.2) is 22.7 Å². The zero-order valence-electron chi connectivity index (χ0n) is 7.80. The SMILES string of the molecule is CC(CCO)Nc1ccnc(F)c1F. The molecule has 0 fully saturated rings. The minimum atomic E-state index is -1.12. The summed E-state index contributed by atoms with van der Waals surface area (Å²) in [5.74, 6) is -2.11. The van der Waals surface area contributed by atoms with Crippen molar-refractivity contribution in [3.05, 3.63) is 24.0 Å². The van der Waals surface area contributed by atoms with Crippen molar-refractivity contribution in [3.8, 4) is 0 Å². The molecule has 1 rings (SSSR count). The van der Waals surface area contributed by atoms with Crippen molar-refractivity contribution >= 4 is 5.69 Å². The fourth-order valence-corrected chi connectivity index (χ4v) is 1.06. The summed E-state index contributed by atoms with van der Waals surface area (Å²) in [6.45, 7) is 1.78. The van der Waals surface area contributed by atoms with E-state index in [0.29, 0.717) is 6.42 Å². The van der Waals surface area contributed by atoms with Crippen LogP contribution < -0.4 is 5.32 Å². The van der Waals surface area contributed by atoms with Gasteiger partial charge in [-0.05, 0) is 19.4 Å². The van der Waals surface area contributed by atoms with E-state index in [2.05, 4.69) is 10.3 Å². The molecule has 78 valence electrons. The lowest BCUT2D eigenvalue weighted by Gasteiger charge is -2.14. The number of aliphatic hydroxyl groups excluding tert-OH is 1. The van der Waals surface area contributed by atoms with Gasteiger partial charge in [-0.1, -0.05) is 0 Å². The van der Waals surface area contributed by atoms with Crippen LogP contribution in [0.2, 0.25) is 0 Å². The van der Waals surface area contributed by atoms with Crippen LogP contribution in [0.15, 0.2) is 12.3 Å². The van der Waals surface area contributed by atoms with Crippen molar-refractivity contribution in [3.63, 3.8) is 0 Å². The fraction of sp³-hybridized carbons (Fsp3) is 0.444. The van der Waals surface area contributed by atoms with Gasteiger partial charge in [-0.3, -0.25) is 0 Å². The number of nitrogens with zero attached hydrogens (tertiary/aromatic N) is 1. The molecule has 1 unspecified atom stereocenters. The van der Waals surface area contributed by atoms with Crippen LogP contribution in [0.4, 0.5) is 14.5 Å². The van der Waals surface area contributed by atoms with Crippen molar-refractivity contribution in [2.75, 3.05) is 11.9 Å². The molecule has 0 aliphatic rings. The van der Waals surface area contributed by atoms with Gasteiger partial charge in [0, 0.05) is 18.8 Å². The molecule has 1 atom stereocenters. The maximum absolute atomic E-state index is 13.0. The standard InChI is InChI=1S/C9H12F2N2O/c1-6(3-5-14)13-7-2-4-12-9(11)8(7)10/h2,4,6,14H,3,5H2,1H3,(H,12,13). The molecule has 0 radical (unpaired) electrons. The molecule has 1 heterocycles. The molecule has 0 bridgehead atoms. The maximum Gasteiger partial charge on any atom is 0.251 e. The van der Waals surface area contributed by atoms with Gasteiger partial charge in [0.1, 0.15) is 0 Å². The lowest BCUT2D eigenvalue weighted by Crippen LogP contribution is -2.17. The second-order valence-corrected chi connectivity index (χ2v) is 3.02. The van der Waals surface area contributed by atoms with Gasteiger partial charge in [0.15, 0.2) is 0 Å². The highest BCUT2D eigenvalue weighted by atomic mass is 19.2. The quantitative estimate of drug-likeness (QED) is 0.728. The predicted octanol–water partition coefficient (Wildman–Crippen LogP) is 1.54. The highest BCUT2D eigenvalue weighted by Crippen LogP contribution is 2.15. The number of aliphatic hydroxyl groups is 1. The average Bonchev–Trinajstić information content (AvgIpc) is 2.13. The number of hydrogen-bond donors (Lipinski definition) is 2. The number of hydrogen-bond acceptors (Lipinski definition) is 3. The van der Waals surface area contributed by atoms with E-state index >= 15 is 0 Å². The molecule has 0 saturated heterocycles. The highest BCUT2D eigenvalue weighted by Gasteiger charge is 2.10. The summed E-state index contributed by atoms with van der Waals surface area (Å²) >= 11 is 0. The minimum absolute atomic E-state index is 0.00332. The summed E-state index contributed by atoms with van der Waals surface area (Å²) in [6.07, 6.45) is 1.66. The topological polar surface area (TPSA) is 45.1 Å². The molecule has 0 aliphatic heterocycles. The molecule has 5 heteroatoms. The van der Waals surface area contributed by atoms with E-state index in [4.69, 9.17) is 5.11 Å². The molecule has 1 aromatic rings. The Kier molecular flexibility index (Phi) is 3.76. The van der Waals surface area contributed by atoms with E-state index in [0.717, 1.165) is 0 Å². The first-order valence-electron chi connectivity index (χ1n) is 4.32. The van der Waals surface area contributed by atoms with E-state index in [1.54, 1.807) is 6.92 Å². The first-order valence-corrected chi connectivity index (χ1v) is 4.32. The van der Waals surface area contributed by atoms with Gasteiger partial charge < -0.3 is 10.4 Å². The van der Waals surface area contributed by atoms with Gasteiger partial charge >= 0.3 is 0 Å². The molecule has 0 aromatic carbocycles. The molecular weight excluding hydrogens is 190 g/mol. The van der Waals surface area contributed by atoms with Crippen molar-refractivity contribution < 1.29 is 13.9 Å². The third-order valence-electron chi connectivity index (χ3n) is 1.81. The average molecular weight is 202 g/mol. The van der Waals surface area contributed by atoms with Gasteiger partial charge in [0.05, 0.1) is 5.69 Å². The Labute approximate surface area is 80.8 Å². The van der Waals surface area contributed by atoms with Gasteiger partial charge in [-0.25, -0.2) is 4.98 Å². The lowest BCUT2D eigenvalue weighted by molar-refractivity contribution is 0.282. The largest absolute Gasteiger partial charge is 0.396 e. The monoisotopic (exact) mass is 202 g/mol. The third kappa shape index (κ3) is 2.63. The number of rotatable bonds is 4. The lowest BCUT2D eigenvalue weighted by atomic mass is 10.2. The second kappa shape index (κ2) is 4.85. The Bertz CT molecular complexity index is 307. The molecule has 0 amide bonds. The summed E-state index contributed by atoms with van der Waals surface area (Å²) in [7, 11) is 0. The zero-order valence-corrected chi connectivity index (χ0v) is 7.80. The zero-order chi connectivity index (χ0) is 10.6. The summed E-state index contributed by atoms with van der Waals surface area (Å²) in [5.41, 5.74) is 0.0680. The predicted molar refractivity (Wildman–Crippen MR) is 48.9 cm³/mol. The summed E-state index contributed by atoms with van der Waals surface area (Å²) < 4.78 is 25.7. The summed E-state index contributed by atoms with van der Waals surface area (Å²) in [5, 5.41) is 11.4. The Hall–Kier alpha value is -1.23. The smallest absolute Gasteiger partial charge is 0.251 e. The van der Waals surface area contributed by atoms with Gasteiger partial charge in [-0.2, -0.15) is 8.78 Å². The first-order chi connectivity index (χ1) is 6.65. The number of pyridine rings is 1. The first kappa shape index (κ1) is 10.8. The van der Waals surface area contributed by atoms with Crippen LogP contribution >= 0.6 is 0 Å². The number of anilines is 1. The van der Waals surface area contributed by atoms with Crippen molar-refractivity contribution in [1.82, 2.24) is 4.98 Å². The molecule has 0 aliphatic carbocycles. The number of aromatic nitrogens is 1. The van der Waals surface area contributed by atoms with Crippen LogP contribution in [0.1, 0.15) is 13.3 Å². The normalized spacial score (nSPS) is 12.6. The summed E-state index contributed by atoms with van der Waals surface area (Å²) in [4.78, 5) is 3.16. The Balaban J connectivity index is 2.71. The van der Waals surface area contributed by atoms with Gasteiger partial charge in [0.2, 0.25) is 5.82 Å². The van der Waals surface area contributed by atoms with E-state index < -0.39 is 11.8 Å². The second-order valence-electron chi connectivity index (χ2n) is 3.02. The van der Waals surface area contributed by atoms with E-state index in [1.165, 1.54) is 12.3 Å². The van der Waals surface area contributed by atoms with E-state index in [-0.39, 0.29) is 18.3 Å². The van der Waals surface area contributed by atoms with Crippen LogP contribution in [0.5, 0.6) is 0 Å². The molecule has 14 heavy (non-hydrogen) atoms. The van der Waals surface area contributed by atoms with Gasteiger partial charge in [0.25, 0.3) is 5.95 Å². The molecule has 0 saturated carbocycles. The Morgan fingerprint density at radius 3 is 2.93 bits per heavy atom. The number of nitrogens with one attached hydrogen (secondary N) is 1.